The molecule has 12 heteroatoms. The summed E-state index contributed by atoms with van der Waals surface area (Å²) in [6.45, 7) is 1.03. The summed E-state index contributed by atoms with van der Waals surface area (Å²) in [6.07, 6.45) is 0.454. The zero-order chi connectivity index (χ0) is 28.4. The molecule has 12 nitrogen and oxygen atoms in total. The molecule has 0 bridgehead atoms. The number of carbonyl (C=O) groups is 4. The molecule has 0 saturated carbocycles. The number of carbonyl (C=O) groups excluding carboxylic acids is 4. The van der Waals surface area contributed by atoms with Gasteiger partial charge in [-0.15, -0.1) is 0 Å². The summed E-state index contributed by atoms with van der Waals surface area (Å²) in [4.78, 5) is 52.7. The third-order valence-electron chi connectivity index (χ3n) is 6.35. The van der Waals surface area contributed by atoms with Crippen molar-refractivity contribution < 1.29 is 29.0 Å². The molecule has 208 valence electrons. The highest BCUT2D eigenvalue weighted by Gasteiger charge is 2.30. The van der Waals surface area contributed by atoms with Crippen LogP contribution in [0.25, 0.3) is 11.1 Å². The number of nitrogens with one attached hydrogen (secondary N) is 3. The number of amides is 3. The third kappa shape index (κ3) is 7.77. The van der Waals surface area contributed by atoms with Crippen molar-refractivity contribution in [3.8, 4) is 11.1 Å². The highest BCUT2D eigenvalue weighted by atomic mass is 16.5. The topological polar surface area (TPSA) is 198 Å². The van der Waals surface area contributed by atoms with Gasteiger partial charge in [-0.2, -0.15) is 0 Å². The fourth-order valence-electron chi connectivity index (χ4n) is 4.36. The molecule has 2 unspecified atom stereocenters. The molecule has 3 rings (SSSR count). The van der Waals surface area contributed by atoms with Crippen LogP contribution < -0.4 is 27.4 Å². The lowest BCUT2D eigenvalue weighted by molar-refractivity contribution is -0.131. The Morgan fingerprint density at radius 1 is 1.00 bits per heavy atom. The zero-order valence-corrected chi connectivity index (χ0v) is 21.6. The molecule has 0 saturated heterocycles. The molecule has 0 radical (unpaired) electrons. The highest BCUT2D eigenvalue weighted by Crippen LogP contribution is 2.44. The molecule has 8 N–H and O–H groups in total. The number of hydrogen-bond donors (Lipinski definition) is 6. The van der Waals surface area contributed by atoms with Crippen LogP contribution in [-0.2, 0) is 19.1 Å². The van der Waals surface area contributed by atoms with E-state index < -0.39 is 42.6 Å². The summed E-state index contributed by atoms with van der Waals surface area (Å²) in [5.41, 5.74) is 14.7. The monoisotopic (exact) mass is 538 g/mol. The number of aldehydes is 1. The van der Waals surface area contributed by atoms with E-state index in [1.165, 1.54) is 6.92 Å². The van der Waals surface area contributed by atoms with E-state index in [1.54, 1.807) is 0 Å². The van der Waals surface area contributed by atoms with E-state index in [1.807, 2.05) is 48.5 Å². The molecular formula is C27H34N6O6. The minimum Gasteiger partial charge on any atom is -0.449 e. The van der Waals surface area contributed by atoms with Gasteiger partial charge in [-0.25, -0.2) is 4.79 Å². The van der Waals surface area contributed by atoms with Crippen LogP contribution in [0.2, 0.25) is 0 Å². The van der Waals surface area contributed by atoms with Crippen LogP contribution >= 0.6 is 0 Å². The standard InChI is InChI=1S/C27H34N6O6/c1-16(24(36)32-17(13-34)7-6-12-30-26(28)29)31-25(37)23(14-35)33-27(38)39-15-22-20-10-4-2-8-18(20)19-9-3-5-11-21(19)22/h2-5,8-11,13,16-17,22-23,35H,6-7,12,14-15H2,1H3,(H,31,37)(H,32,36)(H,33,38)(H4,28,29,30)/t16-,17?,23?/m0/s1. The summed E-state index contributed by atoms with van der Waals surface area (Å²) in [5.74, 6) is -1.63. The normalized spacial score (nSPS) is 14.1. The number of benzene rings is 2. The molecule has 0 heterocycles. The predicted octanol–water partition coefficient (Wildman–Crippen LogP) is 0.128. The van der Waals surface area contributed by atoms with Crippen molar-refractivity contribution in [3.63, 3.8) is 0 Å². The molecule has 39 heavy (non-hydrogen) atoms. The molecule has 0 fully saturated rings. The summed E-state index contributed by atoms with van der Waals surface area (Å²) in [5, 5.41) is 16.9. The first-order valence-corrected chi connectivity index (χ1v) is 12.6. The maximum absolute atomic E-state index is 12.6. The average molecular weight is 539 g/mol. The first-order valence-electron chi connectivity index (χ1n) is 12.6. The van der Waals surface area contributed by atoms with Crippen LogP contribution in [0.3, 0.4) is 0 Å². The van der Waals surface area contributed by atoms with E-state index in [2.05, 4.69) is 20.9 Å². The van der Waals surface area contributed by atoms with Crippen LogP contribution in [0, 0.1) is 0 Å². The number of aliphatic hydroxyl groups is 1. The van der Waals surface area contributed by atoms with Crippen LogP contribution in [-0.4, -0.2) is 73.1 Å². The van der Waals surface area contributed by atoms with E-state index in [0.717, 1.165) is 22.3 Å². The van der Waals surface area contributed by atoms with Crippen molar-refractivity contribution in [1.82, 2.24) is 16.0 Å². The molecule has 1 aliphatic carbocycles. The van der Waals surface area contributed by atoms with Gasteiger partial charge in [-0.05, 0) is 42.0 Å². The van der Waals surface area contributed by atoms with Crippen molar-refractivity contribution in [2.24, 2.45) is 16.5 Å². The predicted molar refractivity (Wildman–Crippen MR) is 145 cm³/mol. The SMILES string of the molecule is C[C@H](NC(=O)C(CO)NC(=O)OCC1c2ccccc2-c2ccccc21)C(=O)NC(C=O)CCCN=C(N)N. The Labute approximate surface area is 226 Å². The van der Waals surface area contributed by atoms with E-state index in [-0.39, 0.29) is 18.5 Å². The van der Waals surface area contributed by atoms with Gasteiger partial charge in [-0.3, -0.25) is 14.6 Å². The number of alkyl carbamates (subject to hydrolysis) is 1. The largest absolute Gasteiger partial charge is 0.449 e. The molecule has 2 aromatic rings. The second-order valence-corrected chi connectivity index (χ2v) is 9.14. The van der Waals surface area contributed by atoms with E-state index >= 15 is 0 Å². The van der Waals surface area contributed by atoms with Gasteiger partial charge in [0.1, 0.15) is 25.0 Å². The second-order valence-electron chi connectivity index (χ2n) is 9.14. The first-order chi connectivity index (χ1) is 18.7. The van der Waals surface area contributed by atoms with E-state index in [4.69, 9.17) is 16.2 Å². The molecule has 2 aromatic carbocycles. The first kappa shape index (κ1) is 29.1. The minimum absolute atomic E-state index is 0.0364. The Morgan fingerprint density at radius 3 is 2.18 bits per heavy atom. The van der Waals surface area contributed by atoms with Gasteiger partial charge in [0.15, 0.2) is 5.96 Å². The van der Waals surface area contributed by atoms with Gasteiger partial charge in [0.25, 0.3) is 0 Å². The fraction of sp³-hybridized carbons (Fsp3) is 0.370. The third-order valence-corrected chi connectivity index (χ3v) is 6.35. The Kier molecular flexibility index (Phi) is 10.4. The van der Waals surface area contributed by atoms with Crippen molar-refractivity contribution in [2.45, 2.75) is 43.8 Å². The lowest BCUT2D eigenvalue weighted by Gasteiger charge is -2.21. The Morgan fingerprint density at radius 2 is 1.62 bits per heavy atom. The smallest absolute Gasteiger partial charge is 0.407 e. The molecule has 0 aromatic heterocycles. The number of fused-ring (bicyclic) bond motifs is 3. The van der Waals surface area contributed by atoms with Crippen molar-refractivity contribution in [1.29, 1.82) is 0 Å². The van der Waals surface area contributed by atoms with Gasteiger partial charge < -0.3 is 42.1 Å². The van der Waals surface area contributed by atoms with Crippen LogP contribution in [0.5, 0.6) is 0 Å². The number of aliphatic hydroxyl groups excluding tert-OH is 1. The number of ether oxygens (including phenoxy) is 1. The van der Waals surface area contributed by atoms with E-state index in [0.29, 0.717) is 25.7 Å². The van der Waals surface area contributed by atoms with Crippen molar-refractivity contribution in [2.75, 3.05) is 19.8 Å². The number of aliphatic imine (C=N–C) groups is 1. The minimum atomic E-state index is -1.35. The number of guanidine groups is 1. The van der Waals surface area contributed by atoms with Crippen molar-refractivity contribution in [3.05, 3.63) is 59.7 Å². The quantitative estimate of drug-likeness (QED) is 0.0894. The van der Waals surface area contributed by atoms with Gasteiger partial charge >= 0.3 is 6.09 Å². The van der Waals surface area contributed by atoms with Crippen LogP contribution in [0.15, 0.2) is 53.5 Å². The fourth-order valence-corrected chi connectivity index (χ4v) is 4.36. The average Bonchev–Trinajstić information content (AvgIpc) is 3.25. The second kappa shape index (κ2) is 13.9. The maximum Gasteiger partial charge on any atom is 0.407 e. The van der Waals surface area contributed by atoms with Gasteiger partial charge in [0.05, 0.1) is 12.6 Å². The number of hydrogen-bond acceptors (Lipinski definition) is 7. The molecular weight excluding hydrogens is 504 g/mol. The van der Waals surface area contributed by atoms with Gasteiger partial charge in [0.2, 0.25) is 11.8 Å². The van der Waals surface area contributed by atoms with Gasteiger partial charge in [-0.1, -0.05) is 48.5 Å². The number of nitrogens with two attached hydrogens (primary N) is 2. The van der Waals surface area contributed by atoms with E-state index in [9.17, 15) is 24.3 Å². The Hall–Kier alpha value is -4.45. The molecule has 3 amide bonds. The summed E-state index contributed by atoms with van der Waals surface area (Å²) in [6, 6.07) is 12.6. The highest BCUT2D eigenvalue weighted by molar-refractivity contribution is 5.92. The molecule has 0 spiro atoms. The summed E-state index contributed by atoms with van der Waals surface area (Å²) < 4.78 is 5.42. The maximum atomic E-state index is 12.6. The molecule has 3 atom stereocenters. The zero-order valence-electron chi connectivity index (χ0n) is 21.6. The molecule has 1 aliphatic rings. The summed E-state index contributed by atoms with van der Waals surface area (Å²) in [7, 11) is 0. The van der Waals surface area contributed by atoms with Gasteiger partial charge in [0, 0.05) is 12.5 Å². The van der Waals surface area contributed by atoms with Crippen LogP contribution in [0.4, 0.5) is 4.79 Å². The lowest BCUT2D eigenvalue weighted by Crippen LogP contribution is -2.55. The van der Waals surface area contributed by atoms with Crippen LogP contribution in [0.1, 0.15) is 36.8 Å². The Bertz CT molecular complexity index is 1170. The number of nitrogens with zero attached hydrogens (tertiary/aromatic N) is 1. The van der Waals surface area contributed by atoms with Crippen molar-refractivity contribution >= 4 is 30.2 Å². The lowest BCUT2D eigenvalue weighted by atomic mass is 9.98. The Balaban J connectivity index is 1.49. The summed E-state index contributed by atoms with van der Waals surface area (Å²) >= 11 is 0. The molecule has 0 aliphatic heterocycles. The number of rotatable bonds is 13.